The topological polar surface area (TPSA) is 30.2 Å². The van der Waals surface area contributed by atoms with Gasteiger partial charge in [0.25, 0.3) is 0 Å². The average Bonchev–Trinajstić information content (AvgIpc) is 2.86. The first-order valence-electron chi connectivity index (χ1n) is 5.48. The molecule has 0 unspecified atom stereocenters. The van der Waals surface area contributed by atoms with E-state index in [1.54, 1.807) is 22.8 Å². The second-order valence-electron chi connectivity index (χ2n) is 3.83. The van der Waals surface area contributed by atoms with Gasteiger partial charge in [-0.05, 0) is 24.6 Å². The molecule has 0 radical (unpaired) electrons. The molecule has 0 aliphatic rings. The second-order valence-corrected chi connectivity index (χ2v) is 5.78. The normalized spacial score (nSPS) is 11.3. The van der Waals surface area contributed by atoms with E-state index in [4.69, 9.17) is 0 Å². The summed E-state index contributed by atoms with van der Waals surface area (Å²) in [5, 5.41) is 5.39. The molecule has 1 aromatic carbocycles. The van der Waals surface area contributed by atoms with Crippen LogP contribution in [-0.4, -0.2) is 14.6 Å². The lowest BCUT2D eigenvalue weighted by Crippen LogP contribution is -1.85. The molecule has 0 saturated carbocycles. The Bertz CT molecular complexity index is 688. The third kappa shape index (κ3) is 1.95. The summed E-state index contributed by atoms with van der Waals surface area (Å²) >= 11 is 4.77. The molecular formula is C12H9BrFN3S. The minimum absolute atomic E-state index is 0.286. The molecule has 0 aliphatic carbocycles. The minimum Gasteiger partial charge on any atom is -0.217 e. The molecule has 0 aliphatic heterocycles. The monoisotopic (exact) mass is 325 g/mol. The van der Waals surface area contributed by atoms with Gasteiger partial charge in [0.1, 0.15) is 10.8 Å². The van der Waals surface area contributed by atoms with Gasteiger partial charge in [-0.1, -0.05) is 34.2 Å². The number of hydrogen-bond acceptors (Lipinski definition) is 3. The van der Waals surface area contributed by atoms with Crippen molar-refractivity contribution in [3.8, 4) is 11.3 Å². The summed E-state index contributed by atoms with van der Waals surface area (Å²) in [5.41, 5.74) is 1.11. The number of hydrogen-bond donors (Lipinski definition) is 0. The summed E-state index contributed by atoms with van der Waals surface area (Å²) in [6.45, 7) is 2.05. The molecular weight excluding hydrogens is 317 g/mol. The van der Waals surface area contributed by atoms with Crippen LogP contribution in [0.15, 0.2) is 28.9 Å². The van der Waals surface area contributed by atoms with Crippen molar-refractivity contribution in [1.29, 1.82) is 0 Å². The van der Waals surface area contributed by atoms with Crippen LogP contribution in [0.4, 0.5) is 4.39 Å². The Labute approximate surface area is 115 Å². The summed E-state index contributed by atoms with van der Waals surface area (Å²) in [4.78, 5) is 5.20. The van der Waals surface area contributed by atoms with Gasteiger partial charge < -0.3 is 0 Å². The maximum Gasteiger partial charge on any atom is 0.212 e. The molecule has 18 heavy (non-hydrogen) atoms. The summed E-state index contributed by atoms with van der Waals surface area (Å²) in [5.74, 6) is -0.286. The summed E-state index contributed by atoms with van der Waals surface area (Å²) < 4.78 is 16.2. The molecule has 0 N–H and O–H groups in total. The Morgan fingerprint density at radius 3 is 2.94 bits per heavy atom. The van der Waals surface area contributed by atoms with Gasteiger partial charge in [0.15, 0.2) is 0 Å². The van der Waals surface area contributed by atoms with E-state index in [1.807, 2.05) is 6.92 Å². The van der Waals surface area contributed by atoms with E-state index in [9.17, 15) is 4.39 Å². The number of nitrogens with zero attached hydrogens (tertiary/aromatic N) is 3. The first kappa shape index (κ1) is 11.8. The third-order valence-electron chi connectivity index (χ3n) is 2.59. The summed E-state index contributed by atoms with van der Waals surface area (Å²) in [6.07, 6.45) is 2.65. The van der Waals surface area contributed by atoms with E-state index < -0.39 is 0 Å². The van der Waals surface area contributed by atoms with Crippen LogP contribution in [0, 0.1) is 5.82 Å². The zero-order valence-electron chi connectivity index (χ0n) is 9.52. The molecule has 0 spiro atoms. The first-order valence-corrected chi connectivity index (χ1v) is 7.09. The van der Waals surface area contributed by atoms with Crippen LogP contribution in [0.1, 0.15) is 11.9 Å². The van der Waals surface area contributed by atoms with Crippen molar-refractivity contribution in [1.82, 2.24) is 14.6 Å². The van der Waals surface area contributed by atoms with Crippen molar-refractivity contribution in [2.75, 3.05) is 0 Å². The molecule has 3 aromatic rings. The lowest BCUT2D eigenvalue weighted by Gasteiger charge is -1.99. The minimum atomic E-state index is -0.286. The first-order chi connectivity index (χ1) is 8.67. The molecule has 2 heterocycles. The highest BCUT2D eigenvalue weighted by Gasteiger charge is 2.12. The van der Waals surface area contributed by atoms with Gasteiger partial charge in [-0.15, -0.1) is 0 Å². The highest BCUT2D eigenvalue weighted by molar-refractivity contribution is 9.10. The summed E-state index contributed by atoms with van der Waals surface area (Å²) in [6, 6.07) is 4.96. The van der Waals surface area contributed by atoms with Crippen LogP contribution in [0.3, 0.4) is 0 Å². The van der Waals surface area contributed by atoms with Crippen LogP contribution in [-0.2, 0) is 6.42 Å². The van der Waals surface area contributed by atoms with Crippen molar-refractivity contribution in [3.05, 3.63) is 39.7 Å². The second kappa shape index (κ2) is 4.44. The molecule has 3 rings (SSSR count). The molecule has 6 heteroatoms. The predicted octanol–water partition coefficient (Wildman–Crippen LogP) is 3.92. The highest BCUT2D eigenvalue weighted by Crippen LogP contribution is 2.26. The van der Waals surface area contributed by atoms with E-state index in [0.717, 1.165) is 20.9 Å². The maximum atomic E-state index is 13.8. The fourth-order valence-electron chi connectivity index (χ4n) is 1.71. The number of aryl methyl sites for hydroxylation is 1. The van der Waals surface area contributed by atoms with Crippen LogP contribution < -0.4 is 0 Å². The van der Waals surface area contributed by atoms with E-state index in [1.165, 1.54) is 17.4 Å². The third-order valence-corrected chi connectivity index (χ3v) is 4.15. The molecule has 0 amide bonds. The Morgan fingerprint density at radius 2 is 2.28 bits per heavy atom. The van der Waals surface area contributed by atoms with E-state index in [0.29, 0.717) is 11.3 Å². The van der Waals surface area contributed by atoms with Gasteiger partial charge in [0, 0.05) is 10.0 Å². The number of imidazole rings is 1. The van der Waals surface area contributed by atoms with Crippen LogP contribution in [0.5, 0.6) is 0 Å². The number of benzene rings is 1. The lowest BCUT2D eigenvalue weighted by atomic mass is 10.1. The number of aromatic nitrogens is 3. The Hall–Kier alpha value is -1.27. The van der Waals surface area contributed by atoms with Crippen molar-refractivity contribution in [2.45, 2.75) is 13.3 Å². The lowest BCUT2D eigenvalue weighted by molar-refractivity contribution is 0.630. The largest absolute Gasteiger partial charge is 0.217 e. The molecule has 0 saturated heterocycles. The van der Waals surface area contributed by atoms with E-state index >= 15 is 0 Å². The molecule has 92 valence electrons. The van der Waals surface area contributed by atoms with Crippen LogP contribution in [0.2, 0.25) is 0 Å². The van der Waals surface area contributed by atoms with Gasteiger partial charge in [-0.3, -0.25) is 0 Å². The fourth-order valence-corrected chi connectivity index (χ4v) is 2.86. The smallest absolute Gasteiger partial charge is 0.212 e. The molecule has 0 fully saturated rings. The Balaban J connectivity index is 2.10. The highest BCUT2D eigenvalue weighted by atomic mass is 79.9. The van der Waals surface area contributed by atoms with E-state index in [2.05, 4.69) is 26.0 Å². The van der Waals surface area contributed by atoms with Gasteiger partial charge in [-0.25, -0.2) is 13.9 Å². The van der Waals surface area contributed by atoms with Crippen LogP contribution >= 0.6 is 27.3 Å². The van der Waals surface area contributed by atoms with Crippen molar-refractivity contribution < 1.29 is 4.39 Å². The van der Waals surface area contributed by atoms with Crippen LogP contribution in [0.25, 0.3) is 16.2 Å². The molecule has 0 bridgehead atoms. The molecule has 2 aromatic heterocycles. The predicted molar refractivity (Wildman–Crippen MR) is 73.3 cm³/mol. The Morgan fingerprint density at radius 1 is 1.44 bits per heavy atom. The molecule has 0 atom stereocenters. The van der Waals surface area contributed by atoms with Gasteiger partial charge in [0.05, 0.1) is 11.9 Å². The van der Waals surface area contributed by atoms with Gasteiger partial charge >= 0.3 is 0 Å². The van der Waals surface area contributed by atoms with Crippen molar-refractivity contribution in [2.24, 2.45) is 0 Å². The van der Waals surface area contributed by atoms with Gasteiger partial charge in [0.2, 0.25) is 4.96 Å². The number of halogens is 2. The quantitative estimate of drug-likeness (QED) is 0.714. The van der Waals surface area contributed by atoms with E-state index in [-0.39, 0.29) is 5.82 Å². The standard InChI is InChI=1S/C12H9BrFN3S/c1-2-11-16-17-6-10(15-12(17)18-11)8-4-3-7(13)5-9(8)14/h3-6H,2H2,1H3. The molecule has 3 nitrogen and oxygen atoms in total. The maximum absolute atomic E-state index is 13.8. The average molecular weight is 326 g/mol. The van der Waals surface area contributed by atoms with Crippen molar-refractivity contribution >= 4 is 32.2 Å². The fraction of sp³-hybridized carbons (Fsp3) is 0.167. The zero-order valence-corrected chi connectivity index (χ0v) is 11.9. The SMILES string of the molecule is CCc1nn2cc(-c3ccc(Br)cc3F)nc2s1. The van der Waals surface area contributed by atoms with Gasteiger partial charge in [-0.2, -0.15) is 5.10 Å². The number of rotatable bonds is 2. The van der Waals surface area contributed by atoms with Crippen molar-refractivity contribution in [3.63, 3.8) is 0 Å². The summed E-state index contributed by atoms with van der Waals surface area (Å²) in [7, 11) is 0. The zero-order chi connectivity index (χ0) is 12.7. The number of fused-ring (bicyclic) bond motifs is 1. The Kier molecular flexibility index (Phi) is 2.91.